The summed E-state index contributed by atoms with van der Waals surface area (Å²) in [6, 6.07) is 1.21. The van der Waals surface area contributed by atoms with Crippen LogP contribution in [0.3, 0.4) is 0 Å². The van der Waals surface area contributed by atoms with Gasteiger partial charge >= 0.3 is 0 Å². The van der Waals surface area contributed by atoms with Gasteiger partial charge in [0.05, 0.1) is 0 Å². The third-order valence-electron chi connectivity index (χ3n) is 2.99. The van der Waals surface area contributed by atoms with Crippen molar-refractivity contribution in [2.75, 3.05) is 25.0 Å². The fourth-order valence-corrected chi connectivity index (χ4v) is 2.03. The van der Waals surface area contributed by atoms with Crippen LogP contribution in [-0.4, -0.2) is 40.4 Å². The Labute approximate surface area is 105 Å². The molecular weight excluding hydrogens is 235 g/mol. The average Bonchev–Trinajstić information content (AvgIpc) is 2.40. The number of aromatic nitrogens is 2. The molecule has 18 heavy (non-hydrogen) atoms. The van der Waals surface area contributed by atoms with Gasteiger partial charge in [-0.2, -0.15) is 4.39 Å². The van der Waals surface area contributed by atoms with Gasteiger partial charge < -0.3 is 10.2 Å². The van der Waals surface area contributed by atoms with Crippen LogP contribution in [0.5, 0.6) is 0 Å². The summed E-state index contributed by atoms with van der Waals surface area (Å²) in [7, 11) is 0. The highest BCUT2D eigenvalue weighted by Crippen LogP contribution is 2.10. The van der Waals surface area contributed by atoms with Gasteiger partial charge in [0.2, 0.25) is 11.9 Å². The SMILES string of the molecule is O=C(CCNc1cc(F)ncn1)N1CCCCC1. The van der Waals surface area contributed by atoms with Gasteiger partial charge in [0.25, 0.3) is 0 Å². The monoisotopic (exact) mass is 252 g/mol. The number of rotatable bonds is 4. The Morgan fingerprint density at radius 3 is 2.83 bits per heavy atom. The highest BCUT2D eigenvalue weighted by Gasteiger charge is 2.15. The summed E-state index contributed by atoms with van der Waals surface area (Å²) < 4.78 is 12.8. The highest BCUT2D eigenvalue weighted by molar-refractivity contribution is 5.76. The fourth-order valence-electron chi connectivity index (χ4n) is 2.03. The highest BCUT2D eigenvalue weighted by atomic mass is 19.1. The van der Waals surface area contributed by atoms with Crippen LogP contribution in [0, 0.1) is 5.95 Å². The summed E-state index contributed by atoms with van der Waals surface area (Å²) in [5.41, 5.74) is 0. The molecule has 0 radical (unpaired) electrons. The Hall–Kier alpha value is -1.72. The molecule has 1 aliphatic rings. The molecule has 1 N–H and O–H groups in total. The van der Waals surface area contributed by atoms with Crippen LogP contribution in [0.2, 0.25) is 0 Å². The van der Waals surface area contributed by atoms with E-state index in [2.05, 4.69) is 15.3 Å². The fraction of sp³-hybridized carbons (Fsp3) is 0.583. The number of nitrogens with one attached hydrogen (secondary N) is 1. The molecule has 0 spiro atoms. The molecular formula is C12H17FN4O. The largest absolute Gasteiger partial charge is 0.369 e. The van der Waals surface area contributed by atoms with Crippen molar-refractivity contribution in [3.05, 3.63) is 18.3 Å². The minimum atomic E-state index is -0.574. The first-order valence-electron chi connectivity index (χ1n) is 6.25. The van der Waals surface area contributed by atoms with Gasteiger partial charge in [-0.15, -0.1) is 0 Å². The Morgan fingerprint density at radius 1 is 1.33 bits per heavy atom. The van der Waals surface area contributed by atoms with Gasteiger partial charge in [-0.3, -0.25) is 4.79 Å². The van der Waals surface area contributed by atoms with Gasteiger partial charge in [0.15, 0.2) is 0 Å². The van der Waals surface area contributed by atoms with Gasteiger partial charge in [-0.1, -0.05) is 0 Å². The summed E-state index contributed by atoms with van der Waals surface area (Å²) in [6.07, 6.45) is 4.96. The van der Waals surface area contributed by atoms with E-state index in [4.69, 9.17) is 0 Å². The maximum absolute atomic E-state index is 12.8. The molecule has 0 aromatic carbocycles. The van der Waals surface area contributed by atoms with Gasteiger partial charge in [-0.05, 0) is 19.3 Å². The zero-order valence-corrected chi connectivity index (χ0v) is 10.2. The summed E-state index contributed by atoms with van der Waals surface area (Å²) in [5, 5.41) is 2.92. The van der Waals surface area contributed by atoms with Crippen LogP contribution in [0.15, 0.2) is 12.4 Å². The molecule has 1 aromatic heterocycles. The Bertz CT molecular complexity index is 407. The normalized spacial score (nSPS) is 15.5. The number of nitrogens with zero attached hydrogens (tertiary/aromatic N) is 3. The maximum Gasteiger partial charge on any atom is 0.224 e. The van der Waals surface area contributed by atoms with Gasteiger partial charge in [0.1, 0.15) is 12.1 Å². The quantitative estimate of drug-likeness (QED) is 0.824. The first-order chi connectivity index (χ1) is 8.75. The van der Waals surface area contributed by atoms with Crippen molar-refractivity contribution in [1.82, 2.24) is 14.9 Å². The number of hydrogen-bond acceptors (Lipinski definition) is 4. The lowest BCUT2D eigenvalue weighted by molar-refractivity contribution is -0.131. The molecule has 0 aliphatic carbocycles. The van der Waals surface area contributed by atoms with Gasteiger partial charge in [0, 0.05) is 32.1 Å². The van der Waals surface area contributed by atoms with Crippen LogP contribution in [0.4, 0.5) is 10.2 Å². The lowest BCUT2D eigenvalue weighted by Gasteiger charge is -2.26. The maximum atomic E-state index is 12.8. The first kappa shape index (κ1) is 12.7. The number of amides is 1. The second-order valence-electron chi connectivity index (χ2n) is 4.34. The van der Waals surface area contributed by atoms with E-state index in [9.17, 15) is 9.18 Å². The molecule has 0 atom stereocenters. The topological polar surface area (TPSA) is 58.1 Å². The van der Waals surface area contributed by atoms with Crippen LogP contribution in [0.1, 0.15) is 25.7 Å². The van der Waals surface area contributed by atoms with Crippen LogP contribution < -0.4 is 5.32 Å². The number of anilines is 1. The van der Waals surface area contributed by atoms with E-state index >= 15 is 0 Å². The number of likely N-dealkylation sites (tertiary alicyclic amines) is 1. The summed E-state index contributed by atoms with van der Waals surface area (Å²) >= 11 is 0. The van der Waals surface area contributed by atoms with E-state index in [1.165, 1.54) is 12.5 Å². The van der Waals surface area contributed by atoms with Crippen molar-refractivity contribution >= 4 is 11.7 Å². The van der Waals surface area contributed by atoms with Crippen LogP contribution >= 0.6 is 0 Å². The summed E-state index contributed by atoms with van der Waals surface area (Å²) in [5.74, 6) is -0.0134. The number of hydrogen-bond donors (Lipinski definition) is 1. The average molecular weight is 252 g/mol. The van der Waals surface area contributed by atoms with Crippen LogP contribution in [0.25, 0.3) is 0 Å². The summed E-state index contributed by atoms with van der Waals surface area (Å²) in [4.78, 5) is 21.0. The van der Waals surface area contributed by atoms with Crippen molar-refractivity contribution in [3.63, 3.8) is 0 Å². The standard InChI is InChI=1S/C12H17FN4O/c13-10-8-11(16-9-15-10)14-5-4-12(18)17-6-2-1-3-7-17/h8-9H,1-7H2,(H,14,15,16). The predicted molar refractivity (Wildman–Crippen MR) is 65.5 cm³/mol. The van der Waals surface area contributed by atoms with E-state index < -0.39 is 5.95 Å². The lowest BCUT2D eigenvalue weighted by Crippen LogP contribution is -2.36. The van der Waals surface area contributed by atoms with Gasteiger partial charge in [-0.25, -0.2) is 9.97 Å². The number of carbonyl (C=O) groups excluding carboxylic acids is 1. The summed E-state index contributed by atoms with van der Waals surface area (Å²) in [6.45, 7) is 2.19. The predicted octanol–water partition coefficient (Wildman–Crippen LogP) is 1.43. The smallest absolute Gasteiger partial charge is 0.224 e. The third-order valence-corrected chi connectivity index (χ3v) is 2.99. The molecule has 2 heterocycles. The number of halogens is 1. The van der Waals surface area contributed by atoms with Crippen LogP contribution in [-0.2, 0) is 4.79 Å². The number of carbonyl (C=O) groups is 1. The zero-order valence-electron chi connectivity index (χ0n) is 10.2. The molecule has 2 rings (SSSR count). The van der Waals surface area contributed by atoms with E-state index in [1.54, 1.807) is 0 Å². The molecule has 98 valence electrons. The Morgan fingerprint density at radius 2 is 2.11 bits per heavy atom. The lowest BCUT2D eigenvalue weighted by atomic mass is 10.1. The molecule has 5 nitrogen and oxygen atoms in total. The van der Waals surface area contributed by atoms with Crippen molar-refractivity contribution < 1.29 is 9.18 Å². The Kier molecular flexibility index (Phi) is 4.44. The van der Waals surface area contributed by atoms with Crippen molar-refractivity contribution in [2.24, 2.45) is 0 Å². The first-order valence-corrected chi connectivity index (χ1v) is 6.25. The molecule has 1 fully saturated rings. The molecule has 1 aliphatic heterocycles. The second kappa shape index (κ2) is 6.28. The van der Waals surface area contributed by atoms with Crippen molar-refractivity contribution in [2.45, 2.75) is 25.7 Å². The molecule has 1 amide bonds. The van der Waals surface area contributed by atoms with E-state index in [1.807, 2.05) is 4.90 Å². The third kappa shape index (κ3) is 3.65. The minimum Gasteiger partial charge on any atom is -0.369 e. The minimum absolute atomic E-state index is 0.150. The van der Waals surface area contributed by atoms with E-state index in [0.29, 0.717) is 18.8 Å². The Balaban J connectivity index is 1.73. The van der Waals surface area contributed by atoms with Crippen molar-refractivity contribution in [3.8, 4) is 0 Å². The zero-order chi connectivity index (χ0) is 12.8. The molecule has 1 saturated heterocycles. The second-order valence-corrected chi connectivity index (χ2v) is 4.34. The molecule has 0 bridgehead atoms. The molecule has 0 unspecified atom stereocenters. The number of piperidine rings is 1. The van der Waals surface area contributed by atoms with E-state index in [-0.39, 0.29) is 5.91 Å². The molecule has 6 heteroatoms. The van der Waals surface area contributed by atoms with Crippen molar-refractivity contribution in [1.29, 1.82) is 0 Å². The molecule has 0 saturated carbocycles. The molecule has 1 aromatic rings. The van der Waals surface area contributed by atoms with E-state index in [0.717, 1.165) is 32.3 Å².